The first-order chi connectivity index (χ1) is 40.2. The zero-order chi connectivity index (χ0) is 59.6. The first-order valence-corrected chi connectivity index (χ1v) is 35.4. The van der Waals surface area contributed by atoms with Gasteiger partial charge >= 0.3 is 0 Å². The van der Waals surface area contributed by atoms with Crippen molar-refractivity contribution in [1.82, 2.24) is 5.32 Å². The third-order valence-electron chi connectivity index (χ3n) is 17.2. The molecular formula is C71H135NO10. The Balaban J connectivity index is 2.20. The number of hydrogen-bond acceptors (Lipinski definition) is 10. The van der Waals surface area contributed by atoms with Crippen molar-refractivity contribution in [3.63, 3.8) is 0 Å². The van der Waals surface area contributed by atoms with Crippen molar-refractivity contribution in [2.24, 2.45) is 0 Å². The lowest BCUT2D eigenvalue weighted by atomic mass is 9.98. The van der Waals surface area contributed by atoms with E-state index in [0.29, 0.717) is 19.3 Å². The van der Waals surface area contributed by atoms with Gasteiger partial charge in [-0.2, -0.15) is 0 Å². The minimum absolute atomic E-state index is 0.243. The van der Waals surface area contributed by atoms with Crippen LogP contribution < -0.4 is 5.32 Å². The van der Waals surface area contributed by atoms with Crippen LogP contribution in [0.25, 0.3) is 0 Å². The van der Waals surface area contributed by atoms with Gasteiger partial charge in [0.25, 0.3) is 0 Å². The van der Waals surface area contributed by atoms with Crippen LogP contribution in [-0.2, 0) is 14.3 Å². The summed E-state index contributed by atoms with van der Waals surface area (Å²) in [5.74, 6) is -0.706. The molecule has 1 fully saturated rings. The number of rotatable bonds is 62. The lowest BCUT2D eigenvalue weighted by molar-refractivity contribution is -0.303. The number of ether oxygens (including phenoxy) is 2. The van der Waals surface area contributed by atoms with Gasteiger partial charge in [-0.3, -0.25) is 4.79 Å². The Bertz CT molecular complexity index is 1430. The van der Waals surface area contributed by atoms with Gasteiger partial charge in [-0.05, 0) is 64.2 Å². The van der Waals surface area contributed by atoms with Crippen LogP contribution in [0.5, 0.6) is 0 Å². The second kappa shape index (κ2) is 59.7. The minimum atomic E-state index is -1.67. The number of carbonyl (C=O) groups is 1. The summed E-state index contributed by atoms with van der Waals surface area (Å²) in [4.78, 5) is 13.2. The number of unbranched alkanes of at least 4 members (excludes halogenated alkanes) is 44. The van der Waals surface area contributed by atoms with Crippen LogP contribution in [0.2, 0.25) is 0 Å². The Morgan fingerprint density at radius 1 is 0.415 bits per heavy atom. The molecule has 1 aliphatic rings. The van der Waals surface area contributed by atoms with Crippen molar-refractivity contribution < 1.29 is 50.0 Å². The van der Waals surface area contributed by atoms with Gasteiger partial charge in [0.1, 0.15) is 36.6 Å². The second-order valence-corrected chi connectivity index (χ2v) is 24.9. The molecule has 0 saturated carbocycles. The Kier molecular flexibility index (Phi) is 57.0. The molecule has 11 heteroatoms. The molecule has 1 aliphatic heterocycles. The molecule has 484 valence electrons. The summed E-state index contributed by atoms with van der Waals surface area (Å²) in [6.45, 7) is 3.48. The highest BCUT2D eigenvalue weighted by Crippen LogP contribution is 2.24. The molecule has 1 rings (SSSR count). The van der Waals surface area contributed by atoms with E-state index in [1.54, 1.807) is 0 Å². The van der Waals surface area contributed by atoms with E-state index in [-0.39, 0.29) is 12.8 Å². The molecule has 11 nitrogen and oxygen atoms in total. The van der Waals surface area contributed by atoms with Crippen LogP contribution in [0.4, 0.5) is 0 Å². The van der Waals surface area contributed by atoms with Crippen LogP contribution in [0.3, 0.4) is 0 Å². The maximum Gasteiger partial charge on any atom is 0.249 e. The SMILES string of the molecule is CCCCCCCCCCCC/C=C/CC/C=C/CC/C=C/CCCC(O)C(O)C(COC1OC(CO)C(O)C(O)C1O)NC(=O)C(O)CCCCCCCCCCCCCCCCCCCCCCCCCCCCCCCCCC. The predicted octanol–water partition coefficient (Wildman–Crippen LogP) is 17.0. The van der Waals surface area contributed by atoms with Gasteiger partial charge in [-0.15, -0.1) is 0 Å². The van der Waals surface area contributed by atoms with Crippen LogP contribution in [0.15, 0.2) is 36.5 Å². The minimum Gasteiger partial charge on any atom is -0.394 e. The molecule has 0 aromatic rings. The number of nitrogens with one attached hydrogen (secondary N) is 1. The number of aliphatic hydroxyl groups excluding tert-OH is 7. The summed E-state index contributed by atoms with van der Waals surface area (Å²) in [5, 5.41) is 76.4. The van der Waals surface area contributed by atoms with E-state index in [1.807, 2.05) is 0 Å². The van der Waals surface area contributed by atoms with Gasteiger partial charge in [0.15, 0.2) is 6.29 Å². The van der Waals surface area contributed by atoms with Gasteiger partial charge < -0.3 is 50.5 Å². The van der Waals surface area contributed by atoms with Crippen LogP contribution in [0, 0.1) is 0 Å². The molecule has 0 aromatic carbocycles. The Hall–Kier alpha value is -1.67. The van der Waals surface area contributed by atoms with Crippen molar-refractivity contribution >= 4 is 5.91 Å². The Morgan fingerprint density at radius 2 is 0.732 bits per heavy atom. The highest BCUT2D eigenvalue weighted by atomic mass is 16.7. The van der Waals surface area contributed by atoms with Crippen molar-refractivity contribution in [3.05, 3.63) is 36.5 Å². The number of carbonyl (C=O) groups excluding carboxylic acids is 1. The van der Waals surface area contributed by atoms with Gasteiger partial charge in [0, 0.05) is 0 Å². The zero-order valence-electron chi connectivity index (χ0n) is 53.5. The quantitative estimate of drug-likeness (QED) is 0.0215. The molecule has 0 bridgehead atoms. The van der Waals surface area contributed by atoms with E-state index in [1.165, 1.54) is 250 Å². The smallest absolute Gasteiger partial charge is 0.249 e. The fourth-order valence-corrected chi connectivity index (χ4v) is 11.5. The van der Waals surface area contributed by atoms with Crippen LogP contribution >= 0.6 is 0 Å². The summed E-state index contributed by atoms with van der Waals surface area (Å²) in [6, 6.07) is -1.19. The summed E-state index contributed by atoms with van der Waals surface area (Å²) in [7, 11) is 0. The number of hydrogen-bond donors (Lipinski definition) is 8. The summed E-state index contributed by atoms with van der Waals surface area (Å²) < 4.78 is 11.2. The van der Waals surface area contributed by atoms with Crippen molar-refractivity contribution in [2.45, 2.75) is 396 Å². The molecule has 82 heavy (non-hydrogen) atoms. The first-order valence-electron chi connectivity index (χ1n) is 35.4. The summed E-state index contributed by atoms with van der Waals surface area (Å²) >= 11 is 0. The largest absolute Gasteiger partial charge is 0.394 e. The molecule has 0 spiro atoms. The fraction of sp³-hybridized carbons (Fsp3) is 0.901. The normalized spacial score (nSPS) is 19.3. The van der Waals surface area contributed by atoms with E-state index >= 15 is 0 Å². The number of amides is 1. The summed E-state index contributed by atoms with van der Waals surface area (Å²) in [5.41, 5.74) is 0. The van der Waals surface area contributed by atoms with Crippen molar-refractivity contribution in [3.8, 4) is 0 Å². The van der Waals surface area contributed by atoms with E-state index in [0.717, 1.165) is 44.9 Å². The third-order valence-corrected chi connectivity index (χ3v) is 17.2. The lowest BCUT2D eigenvalue weighted by Crippen LogP contribution is -2.60. The maximum absolute atomic E-state index is 13.2. The molecule has 0 aliphatic carbocycles. The second-order valence-electron chi connectivity index (χ2n) is 24.9. The Labute approximate surface area is 505 Å². The van der Waals surface area contributed by atoms with Crippen LogP contribution in [-0.4, -0.2) is 110 Å². The average molecular weight is 1160 g/mol. The van der Waals surface area contributed by atoms with E-state index < -0.39 is 74.2 Å². The van der Waals surface area contributed by atoms with Crippen LogP contribution in [0.1, 0.15) is 341 Å². The molecule has 1 saturated heterocycles. The van der Waals surface area contributed by atoms with Gasteiger partial charge in [-0.25, -0.2) is 0 Å². The van der Waals surface area contributed by atoms with E-state index in [2.05, 4.69) is 55.6 Å². The highest BCUT2D eigenvalue weighted by molar-refractivity contribution is 5.80. The average Bonchev–Trinajstić information content (AvgIpc) is 3.53. The van der Waals surface area contributed by atoms with Crippen molar-refractivity contribution in [2.75, 3.05) is 13.2 Å². The molecule has 1 heterocycles. The molecular weight excluding hydrogens is 1030 g/mol. The molecule has 1 amide bonds. The molecule has 8 N–H and O–H groups in total. The third kappa shape index (κ3) is 46.5. The van der Waals surface area contributed by atoms with Crippen molar-refractivity contribution in [1.29, 1.82) is 0 Å². The highest BCUT2D eigenvalue weighted by Gasteiger charge is 2.44. The van der Waals surface area contributed by atoms with E-state index in [4.69, 9.17) is 9.47 Å². The predicted molar refractivity (Wildman–Crippen MR) is 344 cm³/mol. The molecule has 9 atom stereocenters. The fourth-order valence-electron chi connectivity index (χ4n) is 11.5. The molecule has 0 radical (unpaired) electrons. The molecule has 9 unspecified atom stereocenters. The standard InChI is InChI=1S/C71H135NO10/c1-3-5-7-9-11-13-15-17-19-21-23-25-27-28-29-30-31-32-33-34-35-37-39-41-43-45-47-49-51-53-55-57-59-64(75)70(80)72-62(61-81-71-69(79)68(78)67(77)65(60-73)82-71)66(76)63(74)58-56-54-52-50-48-46-44-42-40-38-36-26-24-22-20-18-16-14-12-10-8-6-4-2/h26,36,42,44,50,52,62-69,71,73-79H,3-25,27-35,37-41,43,45-49,51,53-61H2,1-2H3,(H,72,80)/b36-26+,44-42+,52-50+. The van der Waals surface area contributed by atoms with Gasteiger partial charge in [-0.1, -0.05) is 314 Å². The first kappa shape index (κ1) is 78.3. The number of aliphatic hydroxyl groups is 7. The monoisotopic (exact) mass is 1160 g/mol. The number of allylic oxidation sites excluding steroid dienone is 6. The topological polar surface area (TPSA) is 189 Å². The maximum atomic E-state index is 13.2. The van der Waals surface area contributed by atoms with E-state index in [9.17, 15) is 40.5 Å². The zero-order valence-corrected chi connectivity index (χ0v) is 53.5. The Morgan fingerprint density at radius 3 is 1.09 bits per heavy atom. The summed E-state index contributed by atoms with van der Waals surface area (Å²) in [6.07, 6.45) is 65.2. The molecule has 0 aromatic heterocycles. The van der Waals surface area contributed by atoms with Gasteiger partial charge in [0.2, 0.25) is 5.91 Å². The van der Waals surface area contributed by atoms with Gasteiger partial charge in [0.05, 0.1) is 25.4 Å². The lowest BCUT2D eigenvalue weighted by Gasteiger charge is -2.40.